The van der Waals surface area contributed by atoms with Crippen LogP contribution in [0.2, 0.25) is 5.02 Å². The smallest absolute Gasteiger partial charge is 0.251 e. The fraction of sp³-hybridized carbons (Fsp3) is 0.368. The molecule has 0 spiro atoms. The van der Waals surface area contributed by atoms with Gasteiger partial charge in [-0.15, -0.1) is 24.8 Å². The third-order valence-corrected chi connectivity index (χ3v) is 4.60. The fourth-order valence-electron chi connectivity index (χ4n) is 2.92. The van der Waals surface area contributed by atoms with Crippen molar-refractivity contribution in [3.8, 4) is 11.5 Å². The van der Waals surface area contributed by atoms with Crippen molar-refractivity contribution in [1.29, 1.82) is 0 Å². The first-order chi connectivity index (χ1) is 12.2. The number of piperidine rings is 1. The van der Waals surface area contributed by atoms with Gasteiger partial charge in [-0.25, -0.2) is 0 Å². The molecule has 1 unspecified atom stereocenters. The molecule has 0 radical (unpaired) electrons. The topological polar surface area (TPSA) is 63.2 Å². The van der Waals surface area contributed by atoms with Crippen molar-refractivity contribution in [3.63, 3.8) is 0 Å². The molecular weight excluding hydrogens is 409 g/mol. The summed E-state index contributed by atoms with van der Waals surface area (Å²) in [6.07, 6.45) is 6.73. The Balaban J connectivity index is 0.00000182. The number of nitrogens with one attached hydrogen (secondary N) is 2. The van der Waals surface area contributed by atoms with E-state index in [9.17, 15) is 4.79 Å². The molecule has 148 valence electrons. The van der Waals surface area contributed by atoms with Crippen molar-refractivity contribution >= 4 is 42.3 Å². The zero-order chi connectivity index (χ0) is 17.5. The average molecular weight is 433 g/mol. The molecule has 1 aromatic heterocycles. The largest absolute Gasteiger partial charge is 0.456 e. The molecule has 0 saturated carbocycles. The number of halogens is 3. The number of hydrogen-bond acceptors (Lipinski definition) is 4. The lowest BCUT2D eigenvalue weighted by molar-refractivity contribution is 0.0950. The quantitative estimate of drug-likeness (QED) is 0.706. The molecule has 1 fully saturated rings. The summed E-state index contributed by atoms with van der Waals surface area (Å²) in [6, 6.07) is 8.56. The van der Waals surface area contributed by atoms with Crippen LogP contribution in [0.1, 0.15) is 29.6 Å². The van der Waals surface area contributed by atoms with Crippen LogP contribution in [0.5, 0.6) is 11.5 Å². The third-order valence-electron chi connectivity index (χ3n) is 4.31. The van der Waals surface area contributed by atoms with E-state index in [0.717, 1.165) is 19.5 Å². The molecule has 27 heavy (non-hydrogen) atoms. The minimum absolute atomic E-state index is 0. The van der Waals surface area contributed by atoms with Gasteiger partial charge in [0.15, 0.2) is 0 Å². The molecule has 8 heteroatoms. The van der Waals surface area contributed by atoms with E-state index in [4.69, 9.17) is 16.3 Å². The van der Waals surface area contributed by atoms with Crippen LogP contribution in [0.15, 0.2) is 42.7 Å². The van der Waals surface area contributed by atoms with Crippen LogP contribution < -0.4 is 15.4 Å². The Bertz CT molecular complexity index is 711. The van der Waals surface area contributed by atoms with Gasteiger partial charge in [-0.3, -0.25) is 9.78 Å². The van der Waals surface area contributed by atoms with Crippen molar-refractivity contribution in [2.75, 3.05) is 19.6 Å². The van der Waals surface area contributed by atoms with E-state index < -0.39 is 0 Å². The van der Waals surface area contributed by atoms with Crippen molar-refractivity contribution in [3.05, 3.63) is 53.3 Å². The Morgan fingerprint density at radius 1 is 1.26 bits per heavy atom. The van der Waals surface area contributed by atoms with Crippen LogP contribution >= 0.6 is 36.4 Å². The van der Waals surface area contributed by atoms with Crippen LogP contribution in [0.3, 0.4) is 0 Å². The summed E-state index contributed by atoms with van der Waals surface area (Å²) >= 11 is 6.25. The second-order valence-corrected chi connectivity index (χ2v) is 6.59. The molecule has 0 aliphatic carbocycles. The Kier molecular flexibility index (Phi) is 10.5. The second-order valence-electron chi connectivity index (χ2n) is 6.19. The van der Waals surface area contributed by atoms with E-state index in [1.807, 2.05) is 0 Å². The van der Waals surface area contributed by atoms with Gasteiger partial charge in [0, 0.05) is 24.5 Å². The number of hydrogen-bond donors (Lipinski definition) is 2. The molecule has 0 bridgehead atoms. The van der Waals surface area contributed by atoms with E-state index in [1.165, 1.54) is 12.8 Å². The zero-order valence-electron chi connectivity index (χ0n) is 14.8. The number of nitrogens with zero attached hydrogens (tertiary/aromatic N) is 1. The van der Waals surface area contributed by atoms with Gasteiger partial charge in [-0.1, -0.05) is 11.6 Å². The number of amides is 1. The van der Waals surface area contributed by atoms with Gasteiger partial charge in [0.2, 0.25) is 0 Å². The summed E-state index contributed by atoms with van der Waals surface area (Å²) in [5, 5.41) is 6.76. The maximum atomic E-state index is 12.3. The summed E-state index contributed by atoms with van der Waals surface area (Å²) in [7, 11) is 0. The maximum Gasteiger partial charge on any atom is 0.251 e. The number of aromatic nitrogens is 1. The van der Waals surface area contributed by atoms with E-state index >= 15 is 0 Å². The summed E-state index contributed by atoms with van der Waals surface area (Å²) in [5.74, 6) is 1.70. The standard InChI is InChI=1S/C19H22ClN3O2.2ClH/c20-17-12-15(3-4-18(17)25-16-6-9-21-10-7-16)19(24)23-11-5-14-2-1-8-22-13-14;;/h3-4,6-7,9-10,12,14,22H,1-2,5,8,11,13H2,(H,23,24);2*1H. The number of rotatable bonds is 6. The van der Waals surface area contributed by atoms with Crippen molar-refractivity contribution < 1.29 is 9.53 Å². The summed E-state index contributed by atoms with van der Waals surface area (Å²) in [6.45, 7) is 2.83. The Morgan fingerprint density at radius 3 is 2.70 bits per heavy atom. The molecule has 2 heterocycles. The lowest BCUT2D eigenvalue weighted by atomic mass is 9.96. The molecule has 1 atom stereocenters. The predicted octanol–water partition coefficient (Wildman–Crippen LogP) is 4.49. The third kappa shape index (κ3) is 7.18. The van der Waals surface area contributed by atoms with Gasteiger partial charge < -0.3 is 15.4 Å². The summed E-state index contributed by atoms with van der Waals surface area (Å²) < 4.78 is 5.69. The van der Waals surface area contributed by atoms with Crippen LogP contribution in [-0.2, 0) is 0 Å². The van der Waals surface area contributed by atoms with Crippen LogP contribution in [0.25, 0.3) is 0 Å². The minimum atomic E-state index is -0.110. The highest BCUT2D eigenvalue weighted by molar-refractivity contribution is 6.32. The van der Waals surface area contributed by atoms with Gasteiger partial charge >= 0.3 is 0 Å². The molecule has 1 saturated heterocycles. The molecular formula is C19H24Cl3N3O2. The lowest BCUT2D eigenvalue weighted by Crippen LogP contribution is -2.33. The normalized spacial score (nSPS) is 15.8. The predicted molar refractivity (Wildman–Crippen MR) is 113 cm³/mol. The average Bonchev–Trinajstić information content (AvgIpc) is 2.65. The van der Waals surface area contributed by atoms with Crippen molar-refractivity contribution in [2.24, 2.45) is 5.92 Å². The Morgan fingerprint density at radius 2 is 2.04 bits per heavy atom. The first-order valence-electron chi connectivity index (χ1n) is 8.59. The first-order valence-corrected chi connectivity index (χ1v) is 8.96. The van der Waals surface area contributed by atoms with Crippen molar-refractivity contribution in [2.45, 2.75) is 19.3 Å². The highest BCUT2D eigenvalue weighted by Crippen LogP contribution is 2.29. The minimum Gasteiger partial charge on any atom is -0.456 e. The Labute approximate surface area is 177 Å². The van der Waals surface area contributed by atoms with Crippen LogP contribution in [0, 0.1) is 5.92 Å². The van der Waals surface area contributed by atoms with E-state index in [1.54, 1.807) is 42.7 Å². The zero-order valence-corrected chi connectivity index (χ0v) is 17.2. The molecule has 1 aromatic carbocycles. The number of ether oxygens (including phenoxy) is 1. The molecule has 2 aromatic rings. The molecule has 1 amide bonds. The number of pyridine rings is 1. The lowest BCUT2D eigenvalue weighted by Gasteiger charge is -2.22. The van der Waals surface area contributed by atoms with E-state index in [-0.39, 0.29) is 30.7 Å². The second kappa shape index (κ2) is 12.0. The van der Waals surface area contributed by atoms with E-state index in [0.29, 0.717) is 34.5 Å². The van der Waals surface area contributed by atoms with Gasteiger partial charge in [0.05, 0.1) is 5.02 Å². The van der Waals surface area contributed by atoms with Gasteiger partial charge in [-0.2, -0.15) is 0 Å². The molecule has 1 aliphatic heterocycles. The number of carbonyl (C=O) groups is 1. The monoisotopic (exact) mass is 431 g/mol. The van der Waals surface area contributed by atoms with E-state index in [2.05, 4.69) is 15.6 Å². The number of carbonyl (C=O) groups excluding carboxylic acids is 1. The highest BCUT2D eigenvalue weighted by Gasteiger charge is 2.14. The molecule has 5 nitrogen and oxygen atoms in total. The van der Waals surface area contributed by atoms with Crippen molar-refractivity contribution in [1.82, 2.24) is 15.6 Å². The number of benzene rings is 1. The molecule has 3 rings (SSSR count). The highest BCUT2D eigenvalue weighted by atomic mass is 35.5. The van der Waals surface area contributed by atoms with Crippen LogP contribution in [-0.4, -0.2) is 30.5 Å². The Hall–Kier alpha value is -1.53. The summed E-state index contributed by atoms with van der Waals surface area (Å²) in [5.41, 5.74) is 0.536. The first kappa shape index (κ1) is 23.5. The summed E-state index contributed by atoms with van der Waals surface area (Å²) in [4.78, 5) is 16.2. The van der Waals surface area contributed by atoms with Gasteiger partial charge in [-0.05, 0) is 68.6 Å². The molecule has 1 aliphatic rings. The SMILES string of the molecule is Cl.Cl.O=C(NCCC1CCCNC1)c1ccc(Oc2ccncc2)c(Cl)c1. The van der Waals surface area contributed by atoms with Gasteiger partial charge in [0.1, 0.15) is 11.5 Å². The molecule has 2 N–H and O–H groups in total. The van der Waals surface area contributed by atoms with Crippen LogP contribution in [0.4, 0.5) is 0 Å². The maximum absolute atomic E-state index is 12.3. The van der Waals surface area contributed by atoms with Gasteiger partial charge in [0.25, 0.3) is 5.91 Å². The fourth-order valence-corrected chi connectivity index (χ4v) is 3.14.